The maximum atomic E-state index is 12.3. The zero-order valence-corrected chi connectivity index (χ0v) is 11.9. The summed E-state index contributed by atoms with van der Waals surface area (Å²) in [5.41, 5.74) is 8.43. The molecule has 3 rings (SSSR count). The van der Waals surface area contributed by atoms with Crippen LogP contribution in [0.15, 0.2) is 41.8 Å². The summed E-state index contributed by atoms with van der Waals surface area (Å²) < 4.78 is 5.77. The van der Waals surface area contributed by atoms with Crippen LogP contribution in [0.25, 0.3) is 0 Å². The number of Topliss-reactive ketones (excluding diaryl/α,β-unsaturated/α-hetero) is 1. The number of thiophene rings is 1. The fraction of sp³-hybridized carbons (Fsp3) is 0.312. The van der Waals surface area contributed by atoms with E-state index < -0.39 is 6.04 Å². The number of rotatable bonds is 4. The Morgan fingerprint density at radius 1 is 1.35 bits per heavy atom. The zero-order chi connectivity index (χ0) is 13.9. The summed E-state index contributed by atoms with van der Waals surface area (Å²) in [7, 11) is 0. The first-order chi connectivity index (χ1) is 9.75. The van der Waals surface area contributed by atoms with Gasteiger partial charge in [0.25, 0.3) is 0 Å². The summed E-state index contributed by atoms with van der Waals surface area (Å²) in [5, 5.41) is 1.94. The second kappa shape index (κ2) is 5.87. The lowest BCUT2D eigenvalue weighted by Crippen LogP contribution is -2.25. The first kappa shape index (κ1) is 13.5. The second-order valence-corrected chi connectivity index (χ2v) is 5.95. The molecule has 1 aliphatic rings. The lowest BCUT2D eigenvalue weighted by atomic mass is 9.93. The number of benzene rings is 1. The van der Waals surface area contributed by atoms with Gasteiger partial charge in [-0.1, -0.05) is 30.3 Å². The SMILES string of the molecule is NC(C(=O)CC1OCCc2ccccc21)c1cccs1. The van der Waals surface area contributed by atoms with Gasteiger partial charge in [-0.05, 0) is 29.0 Å². The summed E-state index contributed by atoms with van der Waals surface area (Å²) in [6.45, 7) is 0.670. The summed E-state index contributed by atoms with van der Waals surface area (Å²) in [6.07, 6.45) is 1.10. The third-order valence-corrected chi connectivity index (χ3v) is 4.63. The molecular weight excluding hydrogens is 270 g/mol. The highest BCUT2D eigenvalue weighted by atomic mass is 32.1. The second-order valence-electron chi connectivity index (χ2n) is 4.97. The summed E-state index contributed by atoms with van der Waals surface area (Å²) >= 11 is 1.52. The van der Waals surface area contributed by atoms with Crippen molar-refractivity contribution in [1.29, 1.82) is 0 Å². The number of hydrogen-bond acceptors (Lipinski definition) is 4. The molecule has 0 radical (unpaired) electrons. The van der Waals surface area contributed by atoms with Gasteiger partial charge in [0.2, 0.25) is 0 Å². The van der Waals surface area contributed by atoms with Crippen molar-refractivity contribution in [2.75, 3.05) is 6.61 Å². The van der Waals surface area contributed by atoms with E-state index in [0.717, 1.165) is 16.9 Å². The Balaban J connectivity index is 1.74. The Kier molecular flexibility index (Phi) is 3.96. The van der Waals surface area contributed by atoms with E-state index in [1.54, 1.807) is 0 Å². The lowest BCUT2D eigenvalue weighted by Gasteiger charge is -2.26. The molecule has 2 aromatic rings. The maximum Gasteiger partial charge on any atom is 0.157 e. The molecule has 0 amide bonds. The van der Waals surface area contributed by atoms with Crippen LogP contribution in [0.4, 0.5) is 0 Å². The molecule has 20 heavy (non-hydrogen) atoms. The zero-order valence-electron chi connectivity index (χ0n) is 11.1. The fourth-order valence-corrected chi connectivity index (χ4v) is 3.33. The van der Waals surface area contributed by atoms with Gasteiger partial charge >= 0.3 is 0 Å². The van der Waals surface area contributed by atoms with Crippen molar-refractivity contribution in [2.45, 2.75) is 25.0 Å². The minimum atomic E-state index is -0.535. The van der Waals surface area contributed by atoms with E-state index in [9.17, 15) is 4.79 Å². The number of hydrogen-bond donors (Lipinski definition) is 1. The molecule has 0 saturated heterocycles. The van der Waals surface area contributed by atoms with Crippen molar-refractivity contribution < 1.29 is 9.53 Å². The molecule has 2 atom stereocenters. The molecule has 1 aromatic heterocycles. The van der Waals surface area contributed by atoms with Crippen LogP contribution in [-0.4, -0.2) is 12.4 Å². The van der Waals surface area contributed by atoms with E-state index in [4.69, 9.17) is 10.5 Å². The lowest BCUT2D eigenvalue weighted by molar-refractivity contribution is -0.123. The van der Waals surface area contributed by atoms with Gasteiger partial charge in [-0.3, -0.25) is 4.79 Å². The van der Waals surface area contributed by atoms with Crippen molar-refractivity contribution in [1.82, 2.24) is 0 Å². The summed E-state index contributed by atoms with van der Waals surface area (Å²) in [5.74, 6) is 0.0363. The average Bonchev–Trinajstić information content (AvgIpc) is 3.01. The van der Waals surface area contributed by atoms with Crippen molar-refractivity contribution in [3.05, 3.63) is 57.8 Å². The third-order valence-electron chi connectivity index (χ3n) is 3.68. The van der Waals surface area contributed by atoms with Crippen LogP contribution in [0.3, 0.4) is 0 Å². The molecule has 2 N–H and O–H groups in total. The van der Waals surface area contributed by atoms with Gasteiger partial charge in [0, 0.05) is 11.3 Å². The number of carbonyl (C=O) groups is 1. The Morgan fingerprint density at radius 2 is 2.20 bits per heavy atom. The predicted octanol–water partition coefficient (Wildman–Crippen LogP) is 3.02. The van der Waals surface area contributed by atoms with Crippen LogP contribution in [0.1, 0.15) is 34.6 Å². The van der Waals surface area contributed by atoms with Gasteiger partial charge in [0.1, 0.15) is 0 Å². The molecule has 2 unspecified atom stereocenters. The van der Waals surface area contributed by atoms with E-state index in [1.807, 2.05) is 35.7 Å². The van der Waals surface area contributed by atoms with Gasteiger partial charge < -0.3 is 10.5 Å². The molecule has 2 heterocycles. The maximum absolute atomic E-state index is 12.3. The standard InChI is InChI=1S/C16H17NO2S/c17-16(15-6-3-9-20-15)13(18)10-14-12-5-2-1-4-11(12)7-8-19-14/h1-6,9,14,16H,7-8,10,17H2. The molecule has 3 nitrogen and oxygen atoms in total. The van der Waals surface area contributed by atoms with Crippen LogP contribution in [0.5, 0.6) is 0 Å². The normalized spacial score (nSPS) is 19.4. The molecule has 104 valence electrons. The molecular formula is C16H17NO2S. The Labute approximate surface area is 122 Å². The van der Waals surface area contributed by atoms with E-state index in [2.05, 4.69) is 6.07 Å². The predicted molar refractivity (Wildman–Crippen MR) is 79.7 cm³/mol. The number of ketones is 1. The smallest absolute Gasteiger partial charge is 0.157 e. The molecule has 1 aromatic carbocycles. The topological polar surface area (TPSA) is 52.3 Å². The van der Waals surface area contributed by atoms with Gasteiger partial charge in [0.05, 0.1) is 18.8 Å². The molecule has 4 heteroatoms. The number of carbonyl (C=O) groups excluding carboxylic acids is 1. The first-order valence-electron chi connectivity index (χ1n) is 6.77. The van der Waals surface area contributed by atoms with Crippen molar-refractivity contribution >= 4 is 17.1 Å². The minimum absolute atomic E-state index is 0.0363. The molecule has 0 aliphatic carbocycles. The van der Waals surface area contributed by atoms with Crippen LogP contribution >= 0.6 is 11.3 Å². The van der Waals surface area contributed by atoms with Gasteiger partial charge in [0.15, 0.2) is 5.78 Å². The highest BCUT2D eigenvalue weighted by molar-refractivity contribution is 7.10. The Hall–Kier alpha value is -1.49. The van der Waals surface area contributed by atoms with E-state index in [-0.39, 0.29) is 11.9 Å². The summed E-state index contributed by atoms with van der Waals surface area (Å²) in [4.78, 5) is 13.2. The first-order valence-corrected chi connectivity index (χ1v) is 7.65. The molecule has 0 spiro atoms. The molecule has 0 saturated carbocycles. The Morgan fingerprint density at radius 3 is 3.00 bits per heavy atom. The number of fused-ring (bicyclic) bond motifs is 1. The van der Waals surface area contributed by atoms with Gasteiger partial charge in [-0.15, -0.1) is 11.3 Å². The largest absolute Gasteiger partial charge is 0.373 e. The van der Waals surface area contributed by atoms with Crippen molar-refractivity contribution in [3.63, 3.8) is 0 Å². The van der Waals surface area contributed by atoms with E-state index >= 15 is 0 Å². The van der Waals surface area contributed by atoms with Crippen LogP contribution in [0, 0.1) is 0 Å². The molecule has 0 fully saturated rings. The minimum Gasteiger partial charge on any atom is -0.373 e. The van der Waals surface area contributed by atoms with Crippen molar-refractivity contribution in [3.8, 4) is 0 Å². The number of nitrogens with two attached hydrogens (primary N) is 1. The average molecular weight is 287 g/mol. The van der Waals surface area contributed by atoms with Crippen LogP contribution in [-0.2, 0) is 16.0 Å². The van der Waals surface area contributed by atoms with E-state index in [1.165, 1.54) is 16.9 Å². The van der Waals surface area contributed by atoms with E-state index in [0.29, 0.717) is 13.0 Å². The number of ether oxygens (including phenoxy) is 1. The highest BCUT2D eigenvalue weighted by Gasteiger charge is 2.26. The van der Waals surface area contributed by atoms with Gasteiger partial charge in [-0.25, -0.2) is 0 Å². The molecule has 1 aliphatic heterocycles. The highest BCUT2D eigenvalue weighted by Crippen LogP contribution is 2.31. The monoisotopic (exact) mass is 287 g/mol. The van der Waals surface area contributed by atoms with Crippen molar-refractivity contribution in [2.24, 2.45) is 5.73 Å². The van der Waals surface area contributed by atoms with Crippen LogP contribution < -0.4 is 5.73 Å². The third kappa shape index (κ3) is 2.68. The van der Waals surface area contributed by atoms with Crippen LogP contribution in [0.2, 0.25) is 0 Å². The fourth-order valence-electron chi connectivity index (χ4n) is 2.58. The summed E-state index contributed by atoms with van der Waals surface area (Å²) in [6, 6.07) is 11.5. The Bertz CT molecular complexity index is 594. The van der Waals surface area contributed by atoms with Gasteiger partial charge in [-0.2, -0.15) is 0 Å². The quantitative estimate of drug-likeness (QED) is 0.940. The molecule has 0 bridgehead atoms.